The van der Waals surface area contributed by atoms with E-state index in [9.17, 15) is 9.90 Å². The number of fused-ring (bicyclic) bond motifs is 2. The molecule has 5 aromatic rings. The summed E-state index contributed by atoms with van der Waals surface area (Å²) in [4.78, 5) is 15.7. The lowest BCUT2D eigenvalue weighted by atomic mass is 9.94. The molecule has 4 nitrogen and oxygen atoms in total. The molecule has 0 aromatic heterocycles. The summed E-state index contributed by atoms with van der Waals surface area (Å²) < 4.78 is 5.46. The maximum absolute atomic E-state index is 11.2. The number of para-hydroxylation sites is 1. The van der Waals surface area contributed by atoms with Gasteiger partial charge < -0.3 is 9.84 Å². The zero-order chi connectivity index (χ0) is 22.4. The summed E-state index contributed by atoms with van der Waals surface area (Å²) in [6.45, 7) is 0. The highest BCUT2D eigenvalue weighted by Crippen LogP contribution is 2.37. The van der Waals surface area contributed by atoms with Gasteiger partial charge in [-0.05, 0) is 45.8 Å². The Hall–Kier alpha value is -4.44. The van der Waals surface area contributed by atoms with Gasteiger partial charge in [0.15, 0.2) is 11.5 Å². The van der Waals surface area contributed by atoms with Gasteiger partial charge in [0.1, 0.15) is 17.7 Å². The molecular formula is C29H19NO3. The van der Waals surface area contributed by atoms with Crippen molar-refractivity contribution in [2.45, 2.75) is 6.42 Å². The van der Waals surface area contributed by atoms with E-state index in [1.807, 2.05) is 36.4 Å². The molecule has 0 saturated carbocycles. The first-order valence-corrected chi connectivity index (χ1v) is 10.8. The maximum atomic E-state index is 11.2. The van der Waals surface area contributed by atoms with Gasteiger partial charge in [0, 0.05) is 28.5 Å². The predicted octanol–water partition coefficient (Wildman–Crippen LogP) is 5.10. The number of phenolic OH excluding ortho intramolecular Hbond substituents is 1. The molecule has 1 aliphatic heterocycles. The third-order valence-corrected chi connectivity index (χ3v) is 6.04. The maximum Gasteiger partial charge on any atom is 0.163 e. The minimum Gasteiger partial charge on any atom is -0.507 e. The van der Waals surface area contributed by atoms with Crippen LogP contribution in [-0.4, -0.2) is 10.9 Å². The lowest BCUT2D eigenvalue weighted by Gasteiger charge is -2.11. The standard InChI is InChI=1S/C16H10O.C13H9NO2/c17-14-9-7-12-5-4-10-2-1-3-11-6-8-13(14)16(12)15(10)11;15-10-5-6-12-13(7-10)16-8-9-3-1-2-4-11(9)14-12/h1-9,17H;1-4,6-8H,5H2. The van der Waals surface area contributed by atoms with Gasteiger partial charge in [0.2, 0.25) is 0 Å². The van der Waals surface area contributed by atoms with E-state index in [-0.39, 0.29) is 5.78 Å². The number of ketones is 1. The second-order valence-corrected chi connectivity index (χ2v) is 8.12. The number of aromatic hydroxyl groups is 1. The third-order valence-electron chi connectivity index (χ3n) is 6.04. The molecule has 5 aromatic carbocycles. The topological polar surface area (TPSA) is 58.9 Å². The van der Waals surface area contributed by atoms with Crippen LogP contribution in [0.2, 0.25) is 0 Å². The summed E-state index contributed by atoms with van der Waals surface area (Å²) in [5.74, 6) is 0.941. The minimum absolute atomic E-state index is 0.0494. The van der Waals surface area contributed by atoms with Crippen LogP contribution in [0.25, 0.3) is 38.6 Å². The normalized spacial score (nSPS) is 14.6. The predicted molar refractivity (Wildman–Crippen MR) is 130 cm³/mol. The van der Waals surface area contributed by atoms with E-state index >= 15 is 0 Å². The first-order valence-electron chi connectivity index (χ1n) is 10.8. The number of ether oxygens (including phenoxy) is 1. The Morgan fingerprint density at radius 2 is 1.52 bits per heavy atom. The van der Waals surface area contributed by atoms with Crippen LogP contribution in [0.4, 0.5) is 0 Å². The molecule has 158 valence electrons. The van der Waals surface area contributed by atoms with Gasteiger partial charge >= 0.3 is 0 Å². The number of hydrogen-bond acceptors (Lipinski definition) is 4. The van der Waals surface area contributed by atoms with Crippen LogP contribution < -0.4 is 10.6 Å². The Bertz CT molecular complexity index is 1730. The van der Waals surface area contributed by atoms with E-state index < -0.39 is 0 Å². The van der Waals surface area contributed by atoms with E-state index in [2.05, 4.69) is 41.4 Å². The van der Waals surface area contributed by atoms with Crippen molar-refractivity contribution >= 4 is 44.4 Å². The molecule has 0 amide bonds. The van der Waals surface area contributed by atoms with Crippen LogP contribution >= 0.6 is 0 Å². The fourth-order valence-corrected chi connectivity index (χ4v) is 4.44. The summed E-state index contributed by atoms with van der Waals surface area (Å²) in [5.41, 5.74) is 0.737. The fourth-order valence-electron chi connectivity index (χ4n) is 4.44. The summed E-state index contributed by atoms with van der Waals surface area (Å²) >= 11 is 0. The molecular weight excluding hydrogens is 410 g/mol. The van der Waals surface area contributed by atoms with E-state index in [4.69, 9.17) is 4.74 Å². The Kier molecular flexibility index (Phi) is 4.44. The molecule has 4 heteroatoms. The molecule has 1 heterocycles. The second kappa shape index (κ2) is 7.61. The Morgan fingerprint density at radius 1 is 0.788 bits per heavy atom. The number of rotatable bonds is 0. The summed E-state index contributed by atoms with van der Waals surface area (Å²) in [5, 5.41) is 18.7. The second-order valence-electron chi connectivity index (χ2n) is 8.12. The molecule has 0 radical (unpaired) electrons. The zero-order valence-corrected chi connectivity index (χ0v) is 17.7. The van der Waals surface area contributed by atoms with E-state index in [0.717, 1.165) is 21.7 Å². The number of carbonyl (C=O) groups excluding carboxylic acids is 1. The van der Waals surface area contributed by atoms with Gasteiger partial charge in [-0.3, -0.25) is 4.79 Å². The van der Waals surface area contributed by atoms with Crippen LogP contribution in [0.15, 0.2) is 107 Å². The molecule has 0 unspecified atom stereocenters. The van der Waals surface area contributed by atoms with Crippen molar-refractivity contribution in [3.05, 3.63) is 113 Å². The number of benzene rings is 5. The molecule has 1 N–H and O–H groups in total. The largest absolute Gasteiger partial charge is 0.507 e. The van der Waals surface area contributed by atoms with Gasteiger partial charge in [-0.25, -0.2) is 4.99 Å². The molecule has 0 saturated heterocycles. The van der Waals surface area contributed by atoms with Crippen LogP contribution in [0.5, 0.6) is 5.75 Å². The molecule has 0 atom stereocenters. The number of phenols is 1. The van der Waals surface area contributed by atoms with Crippen molar-refractivity contribution in [3.8, 4) is 5.75 Å². The van der Waals surface area contributed by atoms with E-state index in [0.29, 0.717) is 17.9 Å². The van der Waals surface area contributed by atoms with Crippen molar-refractivity contribution in [1.82, 2.24) is 0 Å². The average molecular weight is 429 g/mol. The van der Waals surface area contributed by atoms with Crippen LogP contribution in [0.3, 0.4) is 0 Å². The molecule has 2 aliphatic rings. The summed E-state index contributed by atoms with van der Waals surface area (Å²) in [6.07, 6.45) is 5.33. The molecule has 0 bridgehead atoms. The van der Waals surface area contributed by atoms with Gasteiger partial charge in [0.05, 0.1) is 5.36 Å². The smallest absolute Gasteiger partial charge is 0.163 e. The quantitative estimate of drug-likeness (QED) is 0.348. The molecule has 7 rings (SSSR count). The molecule has 0 fully saturated rings. The first-order chi connectivity index (χ1) is 16.2. The van der Waals surface area contributed by atoms with Crippen molar-refractivity contribution in [2.75, 3.05) is 0 Å². The van der Waals surface area contributed by atoms with Gasteiger partial charge in [-0.2, -0.15) is 0 Å². The van der Waals surface area contributed by atoms with Crippen LogP contribution in [0.1, 0.15) is 6.42 Å². The molecule has 33 heavy (non-hydrogen) atoms. The van der Waals surface area contributed by atoms with Crippen molar-refractivity contribution < 1.29 is 14.6 Å². The molecule has 1 aliphatic carbocycles. The van der Waals surface area contributed by atoms with E-state index in [1.165, 1.54) is 33.0 Å². The van der Waals surface area contributed by atoms with Gasteiger partial charge in [-0.1, -0.05) is 60.7 Å². The van der Waals surface area contributed by atoms with Crippen LogP contribution in [0, 0.1) is 0 Å². The summed E-state index contributed by atoms with van der Waals surface area (Å²) in [7, 11) is 0. The lowest BCUT2D eigenvalue weighted by Crippen LogP contribution is -2.23. The fraction of sp³-hybridized carbons (Fsp3) is 0.0345. The average Bonchev–Trinajstić information content (AvgIpc) is 3.03. The summed E-state index contributed by atoms with van der Waals surface area (Å²) in [6, 6.07) is 26.1. The Balaban J connectivity index is 0.000000125. The Labute approximate surface area is 189 Å². The van der Waals surface area contributed by atoms with Gasteiger partial charge in [0.25, 0.3) is 0 Å². The van der Waals surface area contributed by atoms with Crippen molar-refractivity contribution in [2.24, 2.45) is 4.99 Å². The number of nitrogens with zero attached hydrogens (tertiary/aromatic N) is 1. The van der Waals surface area contributed by atoms with Gasteiger partial charge in [-0.15, -0.1) is 0 Å². The monoisotopic (exact) mass is 429 g/mol. The highest BCUT2D eigenvalue weighted by atomic mass is 16.5. The Morgan fingerprint density at radius 3 is 2.36 bits per heavy atom. The SMILES string of the molecule is O=C1C=C2OC=c3ccccc3=NC2=CC1.Oc1ccc2ccc3cccc4ccc1c2c34. The highest BCUT2D eigenvalue weighted by Gasteiger charge is 2.15. The number of carbonyl (C=O) groups is 1. The van der Waals surface area contributed by atoms with Crippen molar-refractivity contribution in [1.29, 1.82) is 0 Å². The van der Waals surface area contributed by atoms with Crippen molar-refractivity contribution in [3.63, 3.8) is 0 Å². The lowest BCUT2D eigenvalue weighted by molar-refractivity contribution is -0.114. The third kappa shape index (κ3) is 3.33. The molecule has 0 spiro atoms. The zero-order valence-electron chi connectivity index (χ0n) is 17.7. The van der Waals surface area contributed by atoms with Crippen LogP contribution in [-0.2, 0) is 9.53 Å². The minimum atomic E-state index is 0.0494. The van der Waals surface area contributed by atoms with E-state index in [1.54, 1.807) is 18.4 Å². The first kappa shape index (κ1) is 19.3. The highest BCUT2D eigenvalue weighted by molar-refractivity contribution is 6.24. The number of allylic oxidation sites excluding steroid dienone is 2. The number of hydrogen-bond donors (Lipinski definition) is 1.